The van der Waals surface area contributed by atoms with E-state index in [2.05, 4.69) is 38.7 Å². The average molecular weight is 512 g/mol. The van der Waals surface area contributed by atoms with E-state index in [0.717, 1.165) is 14.2 Å². The van der Waals surface area contributed by atoms with E-state index in [1.165, 1.54) is 36.5 Å². The third-order valence-electron chi connectivity index (χ3n) is 3.55. The van der Waals surface area contributed by atoms with Crippen molar-refractivity contribution in [2.45, 2.75) is 13.8 Å². The molecule has 0 fully saturated rings. The molecule has 2 heterocycles. The SMILES string of the molecule is CC(=O)Nc1sc(-c2ccc(C#N)cc2)cc1C#N.CC(=O)Nc1sc(Br)cc1C#N. The molecule has 0 saturated heterocycles. The van der Waals surface area contributed by atoms with Crippen LogP contribution >= 0.6 is 38.6 Å². The van der Waals surface area contributed by atoms with Gasteiger partial charge in [-0.2, -0.15) is 15.8 Å². The summed E-state index contributed by atoms with van der Waals surface area (Å²) in [6.45, 7) is 2.82. The van der Waals surface area contributed by atoms with Crippen LogP contribution in [0.25, 0.3) is 10.4 Å². The van der Waals surface area contributed by atoms with Crippen LogP contribution in [0.2, 0.25) is 0 Å². The first kappa shape index (κ1) is 23.8. The summed E-state index contributed by atoms with van der Waals surface area (Å²) in [6, 6.07) is 16.6. The van der Waals surface area contributed by atoms with Crippen LogP contribution in [0.5, 0.6) is 0 Å². The number of benzene rings is 1. The number of halogens is 1. The van der Waals surface area contributed by atoms with Crippen LogP contribution in [0.4, 0.5) is 10.0 Å². The molecule has 3 aromatic rings. The number of carbonyl (C=O) groups excluding carboxylic acids is 2. The zero-order valence-corrected chi connectivity index (χ0v) is 19.5. The molecule has 3 rings (SSSR count). The molecular formula is C21H14BrN5O2S2. The number of hydrogen-bond acceptors (Lipinski definition) is 7. The summed E-state index contributed by atoms with van der Waals surface area (Å²) in [5.41, 5.74) is 2.43. The molecule has 0 radical (unpaired) electrons. The molecule has 10 heteroatoms. The topological polar surface area (TPSA) is 130 Å². The van der Waals surface area contributed by atoms with Gasteiger partial charge < -0.3 is 10.6 Å². The lowest BCUT2D eigenvalue weighted by Gasteiger charge is -1.97. The molecule has 31 heavy (non-hydrogen) atoms. The maximum atomic E-state index is 11.1. The van der Waals surface area contributed by atoms with Crippen molar-refractivity contribution in [3.8, 4) is 28.6 Å². The third kappa shape index (κ3) is 6.77. The Morgan fingerprint density at radius 1 is 0.839 bits per heavy atom. The summed E-state index contributed by atoms with van der Waals surface area (Å²) >= 11 is 5.90. The largest absolute Gasteiger partial charge is 0.317 e. The number of hydrogen-bond donors (Lipinski definition) is 2. The minimum absolute atomic E-state index is 0.166. The first-order valence-corrected chi connectivity index (χ1v) is 11.0. The highest BCUT2D eigenvalue weighted by Crippen LogP contribution is 2.35. The van der Waals surface area contributed by atoms with Crippen molar-refractivity contribution < 1.29 is 9.59 Å². The second-order valence-electron chi connectivity index (χ2n) is 5.92. The molecule has 0 aliphatic carbocycles. The van der Waals surface area contributed by atoms with Gasteiger partial charge in [0.1, 0.15) is 22.1 Å². The van der Waals surface area contributed by atoms with Crippen molar-refractivity contribution >= 4 is 60.4 Å². The Labute approximate surface area is 195 Å². The average Bonchev–Trinajstić information content (AvgIpc) is 3.30. The zero-order chi connectivity index (χ0) is 23.0. The Kier molecular flexibility index (Phi) is 8.48. The van der Waals surface area contributed by atoms with E-state index >= 15 is 0 Å². The molecule has 0 bridgehead atoms. The minimum Gasteiger partial charge on any atom is -0.317 e. The summed E-state index contributed by atoms with van der Waals surface area (Å²) in [4.78, 5) is 22.6. The first-order valence-electron chi connectivity index (χ1n) is 8.56. The third-order valence-corrected chi connectivity index (χ3v) is 6.21. The Morgan fingerprint density at radius 3 is 1.84 bits per heavy atom. The molecule has 1 aromatic carbocycles. The highest BCUT2D eigenvalue weighted by Gasteiger charge is 2.11. The van der Waals surface area contributed by atoms with E-state index in [4.69, 9.17) is 15.8 Å². The second kappa shape index (κ2) is 11.1. The van der Waals surface area contributed by atoms with Crippen LogP contribution in [-0.4, -0.2) is 11.8 Å². The number of rotatable bonds is 3. The van der Waals surface area contributed by atoms with Crippen LogP contribution in [0, 0.1) is 34.0 Å². The van der Waals surface area contributed by atoms with Crippen LogP contribution in [0.3, 0.4) is 0 Å². The molecular weight excluding hydrogens is 498 g/mol. The van der Waals surface area contributed by atoms with E-state index < -0.39 is 0 Å². The fraction of sp³-hybridized carbons (Fsp3) is 0.0952. The molecule has 0 atom stereocenters. The van der Waals surface area contributed by atoms with E-state index in [1.54, 1.807) is 24.3 Å². The quantitative estimate of drug-likeness (QED) is 0.482. The van der Waals surface area contributed by atoms with Crippen LogP contribution in [-0.2, 0) is 9.59 Å². The first-order chi connectivity index (χ1) is 14.8. The molecule has 154 valence electrons. The molecule has 2 amide bonds. The normalized spacial score (nSPS) is 9.29. The number of thiophene rings is 2. The van der Waals surface area contributed by atoms with Gasteiger partial charge in [0, 0.05) is 18.7 Å². The van der Waals surface area contributed by atoms with Crippen molar-refractivity contribution in [3.63, 3.8) is 0 Å². The lowest BCUT2D eigenvalue weighted by molar-refractivity contribution is -0.115. The van der Waals surface area contributed by atoms with E-state index in [9.17, 15) is 9.59 Å². The number of nitriles is 3. The Morgan fingerprint density at radius 2 is 1.35 bits per heavy atom. The Hall–Kier alpha value is -3.49. The van der Waals surface area contributed by atoms with Gasteiger partial charge in [0.15, 0.2) is 0 Å². The molecule has 0 aliphatic rings. The zero-order valence-electron chi connectivity index (χ0n) is 16.3. The highest BCUT2D eigenvalue weighted by molar-refractivity contribution is 9.11. The van der Waals surface area contributed by atoms with Gasteiger partial charge in [0.25, 0.3) is 0 Å². The summed E-state index contributed by atoms with van der Waals surface area (Å²) in [7, 11) is 0. The number of amides is 2. The molecule has 2 N–H and O–H groups in total. The Balaban J connectivity index is 0.000000245. The molecule has 0 aliphatic heterocycles. The van der Waals surface area contributed by atoms with Crippen molar-refractivity contribution in [2.75, 3.05) is 10.6 Å². The van der Waals surface area contributed by atoms with Gasteiger partial charge in [-0.05, 0) is 45.8 Å². The predicted octanol–water partition coefficient (Wildman–Crippen LogP) is 5.46. The van der Waals surface area contributed by atoms with Gasteiger partial charge >= 0.3 is 0 Å². The van der Waals surface area contributed by atoms with Gasteiger partial charge in [-0.15, -0.1) is 22.7 Å². The number of carbonyl (C=O) groups is 2. The van der Waals surface area contributed by atoms with Crippen molar-refractivity contribution in [1.82, 2.24) is 0 Å². The fourth-order valence-corrected chi connectivity index (χ4v) is 4.83. The molecule has 0 spiro atoms. The van der Waals surface area contributed by atoms with E-state index in [0.29, 0.717) is 26.7 Å². The van der Waals surface area contributed by atoms with Crippen LogP contribution in [0.1, 0.15) is 30.5 Å². The van der Waals surface area contributed by atoms with E-state index in [-0.39, 0.29) is 11.8 Å². The summed E-state index contributed by atoms with van der Waals surface area (Å²) in [5, 5.41) is 32.8. The van der Waals surface area contributed by atoms with Crippen molar-refractivity contribution in [3.05, 3.63) is 56.9 Å². The summed E-state index contributed by atoms with van der Waals surface area (Å²) in [6.07, 6.45) is 0. The van der Waals surface area contributed by atoms with Gasteiger partial charge in [0.2, 0.25) is 11.8 Å². The van der Waals surface area contributed by atoms with Gasteiger partial charge in [-0.25, -0.2) is 0 Å². The predicted molar refractivity (Wildman–Crippen MR) is 125 cm³/mol. The van der Waals surface area contributed by atoms with Crippen molar-refractivity contribution in [2.24, 2.45) is 0 Å². The fourth-order valence-electron chi connectivity index (χ4n) is 2.27. The summed E-state index contributed by atoms with van der Waals surface area (Å²) < 4.78 is 0.836. The maximum Gasteiger partial charge on any atom is 0.221 e. The number of nitrogens with one attached hydrogen (secondary N) is 2. The number of anilines is 2. The number of nitrogens with zero attached hydrogens (tertiary/aromatic N) is 3. The van der Waals surface area contributed by atoms with E-state index in [1.807, 2.05) is 18.2 Å². The molecule has 0 saturated carbocycles. The Bertz CT molecular complexity index is 1240. The standard InChI is InChI=1S/C14H9N3OS.C7H5BrN2OS/c1-9(18)17-14-12(8-16)6-13(19-14)11-4-2-10(7-15)3-5-11;1-4(11)10-7-5(3-9)2-6(8)12-7/h2-6H,1H3,(H,17,18);2H,1H3,(H,10,11). The van der Waals surface area contributed by atoms with Crippen LogP contribution in [0.15, 0.2) is 40.2 Å². The maximum absolute atomic E-state index is 11.1. The van der Waals surface area contributed by atoms with Crippen molar-refractivity contribution in [1.29, 1.82) is 15.8 Å². The molecule has 2 aromatic heterocycles. The second-order valence-corrected chi connectivity index (χ2v) is 9.41. The minimum atomic E-state index is -0.204. The monoisotopic (exact) mass is 511 g/mol. The highest BCUT2D eigenvalue weighted by atomic mass is 79.9. The van der Waals surface area contributed by atoms with Crippen LogP contribution < -0.4 is 10.6 Å². The molecule has 7 nitrogen and oxygen atoms in total. The lowest BCUT2D eigenvalue weighted by atomic mass is 10.1. The lowest BCUT2D eigenvalue weighted by Crippen LogP contribution is -2.04. The summed E-state index contributed by atoms with van der Waals surface area (Å²) in [5.74, 6) is -0.370. The van der Waals surface area contributed by atoms with Gasteiger partial charge in [0.05, 0.1) is 26.5 Å². The smallest absolute Gasteiger partial charge is 0.221 e. The van der Waals surface area contributed by atoms with Gasteiger partial charge in [-0.3, -0.25) is 9.59 Å². The van der Waals surface area contributed by atoms with Gasteiger partial charge in [-0.1, -0.05) is 12.1 Å². The molecule has 0 unspecified atom stereocenters.